The number of ether oxygens (including phenoxy) is 1. The van der Waals surface area contributed by atoms with Crippen LogP contribution < -0.4 is 0 Å². The molecule has 0 unspecified atom stereocenters. The number of benzene rings is 2. The highest BCUT2D eigenvalue weighted by Gasteiger charge is 2.50. The molecule has 0 aromatic heterocycles. The van der Waals surface area contributed by atoms with Gasteiger partial charge in [-0.2, -0.15) is 0 Å². The van der Waals surface area contributed by atoms with Crippen LogP contribution in [0.25, 0.3) is 0 Å². The van der Waals surface area contributed by atoms with Gasteiger partial charge in [0.25, 0.3) is 0 Å². The topological polar surface area (TPSA) is 26.3 Å². The molecule has 2 aliphatic heterocycles. The van der Waals surface area contributed by atoms with E-state index >= 15 is 0 Å². The van der Waals surface area contributed by atoms with Crippen molar-refractivity contribution in [2.45, 2.75) is 49.8 Å². The summed E-state index contributed by atoms with van der Waals surface area (Å²) in [5.74, 6) is -0.460. The van der Waals surface area contributed by atoms with Crippen molar-refractivity contribution in [1.29, 1.82) is 0 Å². The van der Waals surface area contributed by atoms with Gasteiger partial charge >= 0.3 is 5.97 Å². The number of rotatable bonds is 4. The summed E-state index contributed by atoms with van der Waals surface area (Å²) < 4.78 is 7.18. The maximum absolute atomic E-state index is 13.2. The number of piperidine rings is 1. The van der Waals surface area contributed by atoms with Crippen LogP contribution in [0.15, 0.2) is 60.7 Å². The normalized spacial score (nSPS) is 26.7. The Labute approximate surface area is 156 Å². The van der Waals surface area contributed by atoms with Crippen LogP contribution in [0.1, 0.15) is 42.7 Å². The fourth-order valence-corrected chi connectivity index (χ4v) is 4.91. The van der Waals surface area contributed by atoms with Gasteiger partial charge in [0.05, 0.1) is 26.2 Å². The van der Waals surface area contributed by atoms with Crippen molar-refractivity contribution in [3.05, 3.63) is 71.8 Å². The molecule has 2 atom stereocenters. The van der Waals surface area contributed by atoms with Gasteiger partial charge in [0, 0.05) is 25.7 Å². The number of esters is 1. The monoisotopic (exact) mass is 350 g/mol. The molecule has 2 heterocycles. The minimum absolute atomic E-state index is 0.0566. The molecule has 26 heavy (non-hydrogen) atoms. The summed E-state index contributed by atoms with van der Waals surface area (Å²) in [5.41, 5.74) is 2.00. The summed E-state index contributed by atoms with van der Waals surface area (Å²) in [6, 6.07) is 21.2. The molecule has 3 nitrogen and oxygen atoms in total. The maximum atomic E-state index is 13.2. The van der Waals surface area contributed by atoms with E-state index in [0.29, 0.717) is 12.1 Å². The van der Waals surface area contributed by atoms with E-state index in [1.807, 2.05) is 60.7 Å². The molecule has 0 radical (unpaired) electrons. The highest BCUT2D eigenvalue weighted by molar-refractivity contribution is 5.82. The lowest BCUT2D eigenvalue weighted by atomic mass is 9.91. The molecule has 3 heteroatoms. The van der Waals surface area contributed by atoms with Crippen LogP contribution in [0.2, 0.25) is 0 Å². The van der Waals surface area contributed by atoms with Crippen molar-refractivity contribution in [3.63, 3.8) is 0 Å². The first-order chi connectivity index (χ1) is 12.6. The van der Waals surface area contributed by atoms with Crippen LogP contribution in [0, 0.1) is 0 Å². The summed E-state index contributed by atoms with van der Waals surface area (Å²) in [5, 5.41) is 0. The molecule has 2 aromatic rings. The van der Waals surface area contributed by atoms with Crippen LogP contribution in [0.5, 0.6) is 0 Å². The lowest BCUT2D eigenvalue weighted by molar-refractivity contribution is -0.931. The Morgan fingerprint density at radius 2 is 1.35 bits per heavy atom. The predicted molar refractivity (Wildman–Crippen MR) is 103 cm³/mol. The first-order valence-corrected chi connectivity index (χ1v) is 9.69. The summed E-state index contributed by atoms with van der Waals surface area (Å²) in [6.07, 6.45) is 4.55. The van der Waals surface area contributed by atoms with Crippen molar-refractivity contribution in [2.24, 2.45) is 0 Å². The minimum atomic E-state index is -0.348. The SMILES string of the molecule is C[N+]1(C)[C@@H]2CC[C@@H]1CC(OC(=O)C(c1ccccc1)c1ccccc1)C2. The zero-order valence-electron chi connectivity index (χ0n) is 15.7. The van der Waals surface area contributed by atoms with E-state index in [4.69, 9.17) is 4.74 Å². The van der Waals surface area contributed by atoms with Crippen molar-refractivity contribution in [2.75, 3.05) is 14.1 Å². The smallest absolute Gasteiger partial charge is 0.318 e. The first-order valence-electron chi connectivity index (χ1n) is 9.69. The fraction of sp³-hybridized carbons (Fsp3) is 0.435. The minimum Gasteiger partial charge on any atom is -0.461 e. The number of nitrogens with zero attached hydrogens (tertiary/aromatic N) is 1. The predicted octanol–water partition coefficient (Wildman–Crippen LogP) is 4.13. The molecule has 2 saturated heterocycles. The Morgan fingerprint density at radius 1 is 0.885 bits per heavy atom. The molecule has 0 aliphatic carbocycles. The van der Waals surface area contributed by atoms with Crippen molar-refractivity contribution in [3.8, 4) is 0 Å². The molecular formula is C23H28NO2+. The van der Waals surface area contributed by atoms with E-state index in [9.17, 15) is 4.79 Å². The molecule has 2 bridgehead atoms. The van der Waals surface area contributed by atoms with E-state index in [1.54, 1.807) is 0 Å². The molecule has 2 fully saturated rings. The average Bonchev–Trinajstić information content (AvgIpc) is 2.81. The zero-order valence-corrected chi connectivity index (χ0v) is 15.7. The third-order valence-corrected chi connectivity index (χ3v) is 6.57. The third kappa shape index (κ3) is 3.16. The average molecular weight is 350 g/mol. The quantitative estimate of drug-likeness (QED) is 0.612. The Balaban J connectivity index is 1.55. The summed E-state index contributed by atoms with van der Waals surface area (Å²) in [7, 11) is 4.66. The molecule has 2 aliphatic rings. The van der Waals surface area contributed by atoms with E-state index in [-0.39, 0.29) is 18.0 Å². The van der Waals surface area contributed by atoms with E-state index in [1.165, 1.54) is 12.8 Å². The van der Waals surface area contributed by atoms with E-state index < -0.39 is 0 Å². The van der Waals surface area contributed by atoms with Crippen molar-refractivity contribution in [1.82, 2.24) is 0 Å². The molecule has 0 amide bonds. The molecular weight excluding hydrogens is 322 g/mol. The van der Waals surface area contributed by atoms with Crippen LogP contribution in [0.3, 0.4) is 0 Å². The fourth-order valence-electron chi connectivity index (χ4n) is 4.91. The highest BCUT2D eigenvalue weighted by atomic mass is 16.5. The molecule has 136 valence electrons. The number of hydrogen-bond donors (Lipinski definition) is 0. The van der Waals surface area contributed by atoms with Gasteiger partial charge in [-0.05, 0) is 11.1 Å². The molecule has 0 saturated carbocycles. The van der Waals surface area contributed by atoms with Gasteiger partial charge in [0.15, 0.2) is 0 Å². The molecule has 0 spiro atoms. The van der Waals surface area contributed by atoms with E-state index in [0.717, 1.165) is 28.5 Å². The van der Waals surface area contributed by atoms with Gasteiger partial charge in [-0.15, -0.1) is 0 Å². The lowest BCUT2D eigenvalue weighted by Crippen LogP contribution is -2.56. The maximum Gasteiger partial charge on any atom is 0.318 e. The van der Waals surface area contributed by atoms with Gasteiger partial charge in [-0.1, -0.05) is 60.7 Å². The molecule has 0 N–H and O–H groups in total. The lowest BCUT2D eigenvalue weighted by Gasteiger charge is -2.44. The highest BCUT2D eigenvalue weighted by Crippen LogP contribution is 2.41. The Morgan fingerprint density at radius 3 is 1.81 bits per heavy atom. The van der Waals surface area contributed by atoms with Gasteiger partial charge in [-0.25, -0.2) is 0 Å². The summed E-state index contributed by atoms with van der Waals surface area (Å²) >= 11 is 0. The second-order valence-corrected chi connectivity index (χ2v) is 8.30. The van der Waals surface area contributed by atoms with Gasteiger partial charge in [0.2, 0.25) is 0 Å². The standard InChI is InChI=1S/C23H28NO2/c1-24(2)19-13-14-20(24)16-21(15-19)26-23(25)22(17-9-5-3-6-10-17)18-11-7-4-8-12-18/h3-12,19-22H,13-16H2,1-2H3/q+1/t19-,20-/m1/s1. The van der Waals surface area contributed by atoms with Gasteiger partial charge in [-0.3, -0.25) is 4.79 Å². The van der Waals surface area contributed by atoms with Crippen LogP contribution in [0.4, 0.5) is 0 Å². The van der Waals surface area contributed by atoms with Crippen LogP contribution >= 0.6 is 0 Å². The number of hydrogen-bond acceptors (Lipinski definition) is 2. The number of quaternary nitrogens is 1. The first kappa shape index (κ1) is 17.3. The van der Waals surface area contributed by atoms with E-state index in [2.05, 4.69) is 14.1 Å². The van der Waals surface area contributed by atoms with Crippen LogP contribution in [-0.4, -0.2) is 42.7 Å². The number of carbonyl (C=O) groups is 1. The number of carbonyl (C=O) groups excluding carboxylic acids is 1. The Kier molecular flexibility index (Phi) is 4.58. The van der Waals surface area contributed by atoms with Gasteiger partial charge < -0.3 is 9.22 Å². The zero-order chi connectivity index (χ0) is 18.1. The van der Waals surface area contributed by atoms with Crippen molar-refractivity contribution >= 4 is 5.97 Å². The Hall–Kier alpha value is -2.13. The molecule has 4 rings (SSSR count). The number of fused-ring (bicyclic) bond motifs is 2. The second-order valence-electron chi connectivity index (χ2n) is 8.30. The second kappa shape index (κ2) is 6.88. The van der Waals surface area contributed by atoms with Crippen molar-refractivity contribution < 1.29 is 14.0 Å². The molecule has 2 aromatic carbocycles. The summed E-state index contributed by atoms with van der Waals surface area (Å²) in [6.45, 7) is 0. The van der Waals surface area contributed by atoms with Gasteiger partial charge in [0.1, 0.15) is 12.0 Å². The van der Waals surface area contributed by atoms with Crippen LogP contribution in [-0.2, 0) is 9.53 Å². The Bertz CT molecular complexity index is 701. The third-order valence-electron chi connectivity index (χ3n) is 6.57. The largest absolute Gasteiger partial charge is 0.461 e. The summed E-state index contributed by atoms with van der Waals surface area (Å²) in [4.78, 5) is 13.2.